The van der Waals surface area contributed by atoms with Gasteiger partial charge in [0.15, 0.2) is 0 Å². The largest absolute Gasteiger partial charge is 0.480 e. The van der Waals surface area contributed by atoms with E-state index in [2.05, 4.69) is 26.3 Å². The molecule has 25 heavy (non-hydrogen) atoms. The van der Waals surface area contributed by atoms with Crippen molar-refractivity contribution in [3.05, 3.63) is 51.8 Å². The van der Waals surface area contributed by atoms with Crippen LogP contribution >= 0.6 is 15.9 Å². The highest BCUT2D eigenvalue weighted by atomic mass is 79.9. The predicted molar refractivity (Wildman–Crippen MR) is 95.2 cm³/mol. The molecule has 0 aliphatic heterocycles. The van der Waals surface area contributed by atoms with Gasteiger partial charge in [-0.15, -0.1) is 0 Å². The first-order chi connectivity index (χ1) is 11.9. The molecule has 0 fully saturated rings. The number of halogens is 1. The fourth-order valence-corrected chi connectivity index (χ4v) is 3.12. The Labute approximate surface area is 154 Å². The topological polar surface area (TPSA) is 93.5 Å². The molecule has 1 aromatic heterocycles. The molecule has 2 rings (SSSR count). The Balaban J connectivity index is 2.00. The van der Waals surface area contributed by atoms with Gasteiger partial charge in [-0.25, -0.2) is 9.59 Å². The number of amides is 1. The van der Waals surface area contributed by atoms with Crippen LogP contribution in [0, 0.1) is 0 Å². The number of carbonyl (C=O) groups is 2. The molecular weight excluding hydrogens is 390 g/mol. The van der Waals surface area contributed by atoms with E-state index in [0.29, 0.717) is 5.69 Å². The van der Waals surface area contributed by atoms with Crippen LogP contribution in [0.5, 0.6) is 0 Å². The van der Waals surface area contributed by atoms with Crippen molar-refractivity contribution in [3.8, 4) is 0 Å². The second-order valence-electron chi connectivity index (χ2n) is 5.49. The van der Waals surface area contributed by atoms with Crippen LogP contribution in [0.4, 0.5) is 4.79 Å². The van der Waals surface area contributed by atoms with Gasteiger partial charge in [0.25, 0.3) is 0 Å². The van der Waals surface area contributed by atoms with Crippen molar-refractivity contribution >= 4 is 28.0 Å². The van der Waals surface area contributed by atoms with Crippen molar-refractivity contribution in [2.45, 2.75) is 32.4 Å². The zero-order chi connectivity index (χ0) is 18.4. The van der Waals surface area contributed by atoms with Gasteiger partial charge >= 0.3 is 12.1 Å². The monoisotopic (exact) mass is 409 g/mol. The van der Waals surface area contributed by atoms with Crippen LogP contribution in [0.15, 0.2) is 34.8 Å². The van der Waals surface area contributed by atoms with Gasteiger partial charge in [-0.2, -0.15) is 5.10 Å². The highest BCUT2D eigenvalue weighted by molar-refractivity contribution is 9.10. The second-order valence-corrected chi connectivity index (χ2v) is 6.28. The summed E-state index contributed by atoms with van der Waals surface area (Å²) in [5.74, 6) is -1.14. The first-order valence-corrected chi connectivity index (χ1v) is 8.62. The van der Waals surface area contributed by atoms with Crippen molar-refractivity contribution in [1.29, 1.82) is 0 Å². The molecular formula is C17H20BrN3O4. The maximum Gasteiger partial charge on any atom is 0.408 e. The quantitative estimate of drug-likeness (QED) is 0.732. The number of carboxylic acid groups (broad SMARTS) is 1. The summed E-state index contributed by atoms with van der Waals surface area (Å²) in [7, 11) is 1.74. The molecule has 1 aromatic carbocycles. The number of nitrogens with one attached hydrogen (secondary N) is 1. The lowest BCUT2D eigenvalue weighted by Crippen LogP contribution is -2.43. The molecule has 7 nitrogen and oxygen atoms in total. The molecule has 0 spiro atoms. The average Bonchev–Trinajstić information content (AvgIpc) is 2.87. The Morgan fingerprint density at radius 1 is 1.36 bits per heavy atom. The van der Waals surface area contributed by atoms with Crippen molar-refractivity contribution < 1.29 is 19.4 Å². The number of carboxylic acids is 1. The highest BCUT2D eigenvalue weighted by Crippen LogP contribution is 2.22. The Kier molecular flexibility index (Phi) is 6.58. The van der Waals surface area contributed by atoms with E-state index in [1.807, 2.05) is 37.3 Å². The molecule has 0 saturated carbocycles. The molecule has 0 bridgehead atoms. The first kappa shape index (κ1) is 19.0. The number of carbonyl (C=O) groups excluding carboxylic acids is 1. The summed E-state index contributed by atoms with van der Waals surface area (Å²) in [4.78, 5) is 23.4. The fraction of sp³-hybridized carbons (Fsp3) is 0.353. The van der Waals surface area contributed by atoms with Crippen LogP contribution < -0.4 is 5.32 Å². The van der Waals surface area contributed by atoms with E-state index in [-0.39, 0.29) is 13.0 Å². The molecule has 2 N–H and O–H groups in total. The third-order valence-corrected chi connectivity index (χ3v) is 4.62. The SMILES string of the molecule is CCc1nn(C)c(CC(NC(=O)OCc2ccccc2)C(=O)O)c1Br. The summed E-state index contributed by atoms with van der Waals surface area (Å²) >= 11 is 3.45. The van der Waals surface area contributed by atoms with Gasteiger partial charge in [0.05, 0.1) is 15.9 Å². The number of aliphatic carboxylic acids is 1. The Morgan fingerprint density at radius 3 is 2.60 bits per heavy atom. The fourth-order valence-electron chi connectivity index (χ4n) is 2.34. The standard InChI is InChI=1S/C17H20BrN3O4/c1-3-12-15(18)14(21(2)20-12)9-13(16(22)23)19-17(24)25-10-11-7-5-4-6-8-11/h4-8,13H,3,9-10H2,1-2H3,(H,19,24)(H,22,23). The lowest BCUT2D eigenvalue weighted by atomic mass is 10.1. The molecule has 1 unspecified atom stereocenters. The zero-order valence-electron chi connectivity index (χ0n) is 14.0. The number of aromatic nitrogens is 2. The van der Waals surface area contributed by atoms with E-state index >= 15 is 0 Å². The van der Waals surface area contributed by atoms with Gasteiger partial charge in [0.2, 0.25) is 0 Å². The van der Waals surface area contributed by atoms with Gasteiger partial charge < -0.3 is 15.2 Å². The lowest BCUT2D eigenvalue weighted by Gasteiger charge is -2.15. The summed E-state index contributed by atoms with van der Waals surface area (Å²) in [6.07, 6.45) is 0.0451. The molecule has 1 amide bonds. The number of alkyl carbamates (subject to hydrolysis) is 1. The van der Waals surface area contributed by atoms with E-state index in [4.69, 9.17) is 4.74 Å². The van der Waals surface area contributed by atoms with Gasteiger partial charge in [-0.05, 0) is 27.9 Å². The third kappa shape index (κ3) is 5.06. The van der Waals surface area contributed by atoms with Crippen molar-refractivity contribution in [2.24, 2.45) is 7.05 Å². The maximum atomic E-state index is 11.9. The normalized spacial score (nSPS) is 11.8. The minimum absolute atomic E-state index is 0.0778. The third-order valence-electron chi connectivity index (χ3n) is 3.70. The lowest BCUT2D eigenvalue weighted by molar-refractivity contribution is -0.139. The van der Waals surface area contributed by atoms with Crippen molar-refractivity contribution in [3.63, 3.8) is 0 Å². The Hall–Kier alpha value is -2.35. The van der Waals surface area contributed by atoms with E-state index < -0.39 is 18.1 Å². The predicted octanol–water partition coefficient (Wildman–Crippen LogP) is 2.67. The number of nitrogens with zero attached hydrogens (tertiary/aromatic N) is 2. The molecule has 8 heteroatoms. The summed E-state index contributed by atoms with van der Waals surface area (Å²) in [5, 5.41) is 16.1. The van der Waals surface area contributed by atoms with Gasteiger partial charge in [0.1, 0.15) is 12.6 Å². The Morgan fingerprint density at radius 2 is 2.04 bits per heavy atom. The molecule has 0 saturated heterocycles. The van der Waals surface area contributed by atoms with Crippen LogP contribution in [-0.2, 0) is 36.0 Å². The summed E-state index contributed by atoms with van der Waals surface area (Å²) in [6, 6.07) is 8.06. The molecule has 2 aromatic rings. The first-order valence-electron chi connectivity index (χ1n) is 7.82. The van der Waals surface area contributed by atoms with E-state index in [9.17, 15) is 14.7 Å². The number of ether oxygens (including phenoxy) is 1. The summed E-state index contributed by atoms with van der Waals surface area (Å²) in [6.45, 7) is 2.04. The van der Waals surface area contributed by atoms with Crippen molar-refractivity contribution in [2.75, 3.05) is 0 Å². The van der Waals surface area contributed by atoms with Crippen LogP contribution in [0.1, 0.15) is 23.9 Å². The highest BCUT2D eigenvalue weighted by Gasteiger charge is 2.25. The molecule has 0 aliphatic rings. The number of hydrogen-bond acceptors (Lipinski definition) is 4. The van der Waals surface area contributed by atoms with Crippen LogP contribution in [-0.4, -0.2) is 33.0 Å². The second kappa shape index (κ2) is 8.66. The molecule has 1 atom stereocenters. The molecule has 134 valence electrons. The molecule has 1 heterocycles. The molecule has 0 radical (unpaired) electrons. The number of rotatable bonds is 7. The minimum Gasteiger partial charge on any atom is -0.480 e. The van der Waals surface area contributed by atoms with Gasteiger partial charge in [0, 0.05) is 13.5 Å². The van der Waals surface area contributed by atoms with Crippen LogP contribution in [0.25, 0.3) is 0 Å². The smallest absolute Gasteiger partial charge is 0.408 e. The van der Waals surface area contributed by atoms with Gasteiger partial charge in [-0.3, -0.25) is 4.68 Å². The molecule has 0 aliphatic carbocycles. The minimum atomic E-state index is -1.14. The van der Waals surface area contributed by atoms with E-state index in [1.165, 1.54) is 0 Å². The van der Waals surface area contributed by atoms with Crippen LogP contribution in [0.3, 0.4) is 0 Å². The number of benzene rings is 1. The number of hydrogen-bond donors (Lipinski definition) is 2. The van der Waals surface area contributed by atoms with E-state index in [0.717, 1.165) is 22.2 Å². The van der Waals surface area contributed by atoms with Gasteiger partial charge in [-0.1, -0.05) is 37.3 Å². The Bertz CT molecular complexity index is 746. The van der Waals surface area contributed by atoms with Crippen LogP contribution in [0.2, 0.25) is 0 Å². The summed E-state index contributed by atoms with van der Waals surface area (Å²) < 4.78 is 7.47. The average molecular weight is 410 g/mol. The maximum absolute atomic E-state index is 11.9. The zero-order valence-corrected chi connectivity index (χ0v) is 15.6. The summed E-state index contributed by atoms with van der Waals surface area (Å²) in [5.41, 5.74) is 2.37. The number of aryl methyl sites for hydroxylation is 2. The van der Waals surface area contributed by atoms with Crippen molar-refractivity contribution in [1.82, 2.24) is 15.1 Å². The van der Waals surface area contributed by atoms with E-state index in [1.54, 1.807) is 11.7 Å².